The zero-order chi connectivity index (χ0) is 29.9. The molecule has 0 saturated carbocycles. The van der Waals surface area contributed by atoms with Crippen molar-refractivity contribution in [3.8, 4) is 0 Å². The van der Waals surface area contributed by atoms with Crippen molar-refractivity contribution >= 4 is 40.0 Å². The number of hydrogen-bond donors (Lipinski definition) is 2. The number of para-hydroxylation sites is 1. The first kappa shape index (κ1) is 27.5. The average Bonchev–Trinajstić information content (AvgIpc) is 3.71. The van der Waals surface area contributed by atoms with Crippen molar-refractivity contribution in [1.29, 1.82) is 0 Å². The Morgan fingerprint density at radius 1 is 1.23 bits per heavy atom. The van der Waals surface area contributed by atoms with Crippen LogP contribution in [0.3, 0.4) is 0 Å². The van der Waals surface area contributed by atoms with Gasteiger partial charge >= 0.3 is 0 Å². The third-order valence-electron chi connectivity index (χ3n) is 9.25. The molecule has 6 heterocycles. The van der Waals surface area contributed by atoms with Gasteiger partial charge in [0.25, 0.3) is 5.91 Å². The van der Waals surface area contributed by atoms with Gasteiger partial charge < -0.3 is 24.8 Å². The number of imidazole rings is 1. The maximum Gasteiger partial charge on any atom is 0.255 e. The number of aromatic nitrogens is 4. The molecule has 222 valence electrons. The van der Waals surface area contributed by atoms with Crippen LogP contribution in [-0.2, 0) is 19.7 Å². The Balaban J connectivity index is 1.39. The topological polar surface area (TPSA) is 114 Å². The Kier molecular flexibility index (Phi) is 6.46. The summed E-state index contributed by atoms with van der Waals surface area (Å²) in [5.74, 6) is -0.287. The fraction of sp³-hybridized carbons (Fsp3) is 0.406. The molecule has 10 nitrogen and oxygen atoms in total. The molecule has 2 saturated heterocycles. The molecule has 3 aliphatic rings. The van der Waals surface area contributed by atoms with Crippen LogP contribution in [0.2, 0.25) is 0 Å². The number of piperidine rings is 1. The molecule has 43 heavy (non-hydrogen) atoms. The molecule has 0 aliphatic carbocycles. The van der Waals surface area contributed by atoms with E-state index in [-0.39, 0.29) is 23.5 Å². The van der Waals surface area contributed by atoms with Crippen LogP contribution in [0.4, 0.5) is 21.6 Å². The second-order valence-electron chi connectivity index (χ2n) is 12.2. The van der Waals surface area contributed by atoms with E-state index in [9.17, 15) is 14.0 Å². The third-order valence-corrected chi connectivity index (χ3v) is 9.25. The van der Waals surface area contributed by atoms with Crippen molar-refractivity contribution in [3.63, 3.8) is 0 Å². The van der Waals surface area contributed by atoms with Crippen molar-refractivity contribution in [2.45, 2.75) is 69.6 Å². The molecule has 3 atom stereocenters. The molecule has 0 radical (unpaired) electrons. The second-order valence-corrected chi connectivity index (χ2v) is 12.2. The highest BCUT2D eigenvalue weighted by molar-refractivity contribution is 6.06. The predicted octanol–water partition coefficient (Wildman–Crippen LogP) is 5.41. The van der Waals surface area contributed by atoms with Gasteiger partial charge in [-0.2, -0.15) is 0 Å². The van der Waals surface area contributed by atoms with Gasteiger partial charge in [-0.3, -0.25) is 14.6 Å². The summed E-state index contributed by atoms with van der Waals surface area (Å²) in [6.45, 7) is 6.81. The van der Waals surface area contributed by atoms with Crippen LogP contribution in [0.25, 0.3) is 11.0 Å². The van der Waals surface area contributed by atoms with E-state index in [1.165, 1.54) is 6.20 Å². The first-order valence-electron chi connectivity index (χ1n) is 14.8. The van der Waals surface area contributed by atoms with Gasteiger partial charge in [0.05, 0.1) is 40.9 Å². The maximum absolute atomic E-state index is 14.8. The molecule has 1 aromatic carbocycles. The average molecular weight is 584 g/mol. The summed E-state index contributed by atoms with van der Waals surface area (Å²) in [5, 5.41) is 6.24. The van der Waals surface area contributed by atoms with E-state index in [0.29, 0.717) is 55.0 Å². The zero-order valence-corrected chi connectivity index (χ0v) is 24.4. The largest absolute Gasteiger partial charge is 0.365 e. The number of nitrogens with zero attached hydrogens (tertiary/aromatic N) is 5. The summed E-state index contributed by atoms with van der Waals surface area (Å²) in [6, 6.07) is 10.7. The quantitative estimate of drug-likeness (QED) is 0.323. The Morgan fingerprint density at radius 3 is 2.84 bits per heavy atom. The summed E-state index contributed by atoms with van der Waals surface area (Å²) in [6.07, 6.45) is 6.65. The van der Waals surface area contributed by atoms with E-state index in [1.807, 2.05) is 60.6 Å². The van der Waals surface area contributed by atoms with Crippen molar-refractivity contribution in [3.05, 3.63) is 72.2 Å². The maximum atomic E-state index is 14.8. The highest BCUT2D eigenvalue weighted by atomic mass is 19.1. The predicted molar refractivity (Wildman–Crippen MR) is 159 cm³/mol. The summed E-state index contributed by atoms with van der Waals surface area (Å²) >= 11 is 0. The summed E-state index contributed by atoms with van der Waals surface area (Å²) in [7, 11) is 0. The van der Waals surface area contributed by atoms with E-state index in [0.717, 1.165) is 23.9 Å². The number of hydrogen-bond acceptors (Lipinski definition) is 7. The number of rotatable bonds is 5. The fourth-order valence-corrected chi connectivity index (χ4v) is 6.93. The van der Waals surface area contributed by atoms with Gasteiger partial charge in [-0.25, -0.2) is 14.4 Å². The fourth-order valence-electron chi connectivity index (χ4n) is 6.93. The minimum Gasteiger partial charge on any atom is -0.365 e. The summed E-state index contributed by atoms with van der Waals surface area (Å²) < 4.78 is 22.8. The van der Waals surface area contributed by atoms with E-state index in [1.54, 1.807) is 12.4 Å². The molecule has 2 fully saturated rings. The normalized spacial score (nSPS) is 25.0. The minimum absolute atomic E-state index is 0.0645. The van der Waals surface area contributed by atoms with Gasteiger partial charge in [0.2, 0.25) is 5.91 Å². The lowest BCUT2D eigenvalue weighted by molar-refractivity contribution is -0.157. The molecule has 3 aromatic heterocycles. The Hall–Kier alpha value is -4.38. The number of amides is 2. The van der Waals surface area contributed by atoms with Crippen molar-refractivity contribution < 1.29 is 18.7 Å². The van der Waals surface area contributed by atoms with Crippen LogP contribution in [0, 0.1) is 5.82 Å². The molecule has 11 heteroatoms. The molecule has 0 bridgehead atoms. The summed E-state index contributed by atoms with van der Waals surface area (Å²) in [5.41, 5.74) is 2.13. The number of benzene rings is 1. The number of nitrogens with one attached hydrogen (secondary N) is 2. The molecule has 3 aliphatic heterocycles. The number of anilines is 3. The van der Waals surface area contributed by atoms with Crippen molar-refractivity contribution in [2.24, 2.45) is 0 Å². The van der Waals surface area contributed by atoms with E-state index < -0.39 is 22.9 Å². The lowest BCUT2D eigenvalue weighted by Gasteiger charge is -2.45. The highest BCUT2D eigenvalue weighted by Gasteiger charge is 2.54. The highest BCUT2D eigenvalue weighted by Crippen LogP contribution is 2.51. The van der Waals surface area contributed by atoms with E-state index in [2.05, 4.69) is 15.6 Å². The molecule has 1 spiro atoms. The van der Waals surface area contributed by atoms with Gasteiger partial charge in [0.15, 0.2) is 11.6 Å². The molecular weight excluding hydrogens is 549 g/mol. The molecule has 7 rings (SSSR count). The number of likely N-dealkylation sites (tertiary alicyclic amines) is 1. The van der Waals surface area contributed by atoms with Crippen LogP contribution in [-0.4, -0.2) is 55.0 Å². The lowest BCUT2D eigenvalue weighted by Crippen LogP contribution is -2.55. The number of fused-ring (bicyclic) bond motifs is 3. The zero-order valence-electron chi connectivity index (χ0n) is 24.4. The van der Waals surface area contributed by atoms with Crippen molar-refractivity contribution in [1.82, 2.24) is 24.4 Å². The SMILES string of the molecule is CC(C)n1cnc2cc([C@H]3CC4(CCN3C(=O)C3(C)CCCO3)C(=O)Nc3ccccc34)nc(Nc3ccncc3F)c21. The van der Waals surface area contributed by atoms with Crippen LogP contribution >= 0.6 is 0 Å². The van der Waals surface area contributed by atoms with Gasteiger partial charge in [-0.05, 0) is 70.2 Å². The van der Waals surface area contributed by atoms with Gasteiger partial charge in [0, 0.05) is 31.1 Å². The second kappa shape index (κ2) is 10.1. The monoisotopic (exact) mass is 583 g/mol. The van der Waals surface area contributed by atoms with Gasteiger partial charge in [-0.1, -0.05) is 18.2 Å². The molecule has 2 amide bonds. The van der Waals surface area contributed by atoms with Gasteiger partial charge in [0.1, 0.15) is 11.1 Å². The molecule has 4 aromatic rings. The van der Waals surface area contributed by atoms with Crippen LogP contribution < -0.4 is 10.6 Å². The number of ether oxygens (including phenoxy) is 1. The standard InChI is InChI=1S/C32H34FN7O3/c1-19(2)40-18-35-25-15-24(37-28(27(25)40)36-23-9-12-34-17-21(23)33)26-16-32(20-7-4-5-8-22(20)38-29(32)41)11-13-39(26)30(42)31(3)10-6-14-43-31/h4-5,7-9,12,15,17-19,26H,6,10-11,13-14,16H2,1-3H3,(H,38,41)(H,34,36,37)/t26-,31?,32?/m1/s1. The van der Waals surface area contributed by atoms with Crippen molar-refractivity contribution in [2.75, 3.05) is 23.8 Å². The minimum atomic E-state index is -0.941. The van der Waals surface area contributed by atoms with E-state index in [4.69, 9.17) is 14.7 Å². The summed E-state index contributed by atoms with van der Waals surface area (Å²) in [4.78, 5) is 43.3. The number of pyridine rings is 2. The molecule has 2 unspecified atom stereocenters. The van der Waals surface area contributed by atoms with Gasteiger partial charge in [-0.15, -0.1) is 0 Å². The first-order valence-corrected chi connectivity index (χ1v) is 14.8. The third kappa shape index (κ3) is 4.36. The Morgan fingerprint density at radius 2 is 2.07 bits per heavy atom. The Labute approximate surface area is 248 Å². The van der Waals surface area contributed by atoms with Crippen LogP contribution in [0.15, 0.2) is 55.1 Å². The first-order chi connectivity index (χ1) is 20.7. The molecule has 2 N–H and O–H groups in total. The van der Waals surface area contributed by atoms with E-state index >= 15 is 0 Å². The smallest absolute Gasteiger partial charge is 0.255 e. The molecular formula is C32H34FN7O3. The number of carbonyl (C=O) groups is 2. The van der Waals surface area contributed by atoms with Crippen LogP contribution in [0.5, 0.6) is 0 Å². The number of halogens is 1. The van der Waals surface area contributed by atoms with Crippen LogP contribution in [0.1, 0.15) is 69.8 Å². The Bertz CT molecular complexity index is 1750. The number of carbonyl (C=O) groups excluding carboxylic acids is 2. The lowest BCUT2D eigenvalue weighted by atomic mass is 9.70.